The molecule has 0 N–H and O–H groups in total. The van der Waals surface area contributed by atoms with Crippen molar-refractivity contribution in [3.05, 3.63) is 35.5 Å². The van der Waals surface area contributed by atoms with E-state index in [-0.39, 0.29) is 0 Å². The molecule has 4 unspecified atom stereocenters. The first-order valence-corrected chi connectivity index (χ1v) is 11.2. The largest absolute Gasteiger partial charge is 0.323 e. The van der Waals surface area contributed by atoms with Gasteiger partial charge in [0.15, 0.2) is 5.78 Å². The number of quaternary nitrogens is 1. The van der Waals surface area contributed by atoms with Crippen LogP contribution in [0.15, 0.2) is 35.5 Å². The molecule has 0 aromatic carbocycles. The molecule has 2 aliphatic rings. The van der Waals surface area contributed by atoms with Crippen LogP contribution >= 0.6 is 0 Å². The van der Waals surface area contributed by atoms with E-state index >= 15 is 0 Å². The number of allylic oxidation sites excluding steroid dienone is 6. The summed E-state index contributed by atoms with van der Waals surface area (Å²) in [6.45, 7) is 11.2. The van der Waals surface area contributed by atoms with Crippen LogP contribution in [-0.4, -0.2) is 36.4 Å². The zero-order valence-electron chi connectivity index (χ0n) is 18.5. The van der Waals surface area contributed by atoms with Crippen molar-refractivity contribution in [2.24, 2.45) is 11.8 Å². The minimum Gasteiger partial charge on any atom is -0.323 e. The standard InChI is InChI=1S/C25H42NO/c1-20(2)10-8-11-21(3)12-9-13-22(4)25(27)16-15-23-17-19-26(5)18-7-6-14-24(23)26/h9-10,12-13,21,23-24H,6-8,11,14-19H2,1-5H3/q+1. The van der Waals surface area contributed by atoms with Crippen LogP contribution in [0.5, 0.6) is 0 Å². The van der Waals surface area contributed by atoms with Crippen LogP contribution in [-0.2, 0) is 4.79 Å². The van der Waals surface area contributed by atoms with Crippen molar-refractivity contribution in [1.82, 2.24) is 0 Å². The van der Waals surface area contributed by atoms with E-state index in [1.54, 1.807) is 0 Å². The van der Waals surface area contributed by atoms with Gasteiger partial charge in [-0.1, -0.05) is 36.8 Å². The summed E-state index contributed by atoms with van der Waals surface area (Å²) in [7, 11) is 2.44. The summed E-state index contributed by atoms with van der Waals surface area (Å²) in [4.78, 5) is 12.5. The van der Waals surface area contributed by atoms with Crippen LogP contribution in [0.25, 0.3) is 0 Å². The molecule has 2 heteroatoms. The maximum absolute atomic E-state index is 12.5. The predicted octanol–water partition coefficient (Wildman–Crippen LogP) is 6.24. The Morgan fingerprint density at radius 2 is 1.93 bits per heavy atom. The Morgan fingerprint density at radius 3 is 2.67 bits per heavy atom. The molecule has 2 aliphatic heterocycles. The van der Waals surface area contributed by atoms with E-state index in [9.17, 15) is 4.79 Å². The number of Topliss-reactive ketones (excluding diaryl/α,β-unsaturated/α-hetero) is 1. The smallest absolute Gasteiger partial charge is 0.158 e. The molecule has 0 saturated carbocycles. The molecule has 0 bridgehead atoms. The van der Waals surface area contributed by atoms with Crippen LogP contribution in [0.3, 0.4) is 0 Å². The van der Waals surface area contributed by atoms with Gasteiger partial charge >= 0.3 is 0 Å². The zero-order chi connectivity index (χ0) is 19.9. The highest BCUT2D eigenvalue weighted by molar-refractivity contribution is 5.94. The van der Waals surface area contributed by atoms with E-state index < -0.39 is 0 Å². The molecule has 0 aromatic heterocycles. The molecule has 0 radical (unpaired) electrons. The lowest BCUT2D eigenvalue weighted by atomic mass is 9.87. The summed E-state index contributed by atoms with van der Waals surface area (Å²) in [5.41, 5.74) is 2.31. The van der Waals surface area contributed by atoms with Gasteiger partial charge in [0.2, 0.25) is 0 Å². The van der Waals surface area contributed by atoms with Gasteiger partial charge in [-0.3, -0.25) is 4.79 Å². The minimum atomic E-state index is 0.341. The Hall–Kier alpha value is -1.15. The first-order valence-electron chi connectivity index (χ1n) is 11.2. The lowest BCUT2D eigenvalue weighted by molar-refractivity contribution is -0.927. The molecule has 0 aromatic rings. The number of ketones is 1. The van der Waals surface area contributed by atoms with Crippen molar-refractivity contribution in [3.63, 3.8) is 0 Å². The Morgan fingerprint density at radius 1 is 1.15 bits per heavy atom. The molecule has 152 valence electrons. The van der Waals surface area contributed by atoms with Gasteiger partial charge in [-0.2, -0.15) is 0 Å². The van der Waals surface area contributed by atoms with Gasteiger partial charge in [0.05, 0.1) is 26.2 Å². The minimum absolute atomic E-state index is 0.341. The number of carbonyl (C=O) groups is 1. The lowest BCUT2D eigenvalue weighted by Gasteiger charge is -2.41. The maximum Gasteiger partial charge on any atom is 0.158 e. The third-order valence-electron chi connectivity index (χ3n) is 6.92. The van der Waals surface area contributed by atoms with E-state index in [4.69, 9.17) is 0 Å². The fourth-order valence-corrected chi connectivity index (χ4v) is 5.04. The van der Waals surface area contributed by atoms with E-state index in [2.05, 4.69) is 46.0 Å². The van der Waals surface area contributed by atoms with E-state index in [0.29, 0.717) is 11.7 Å². The monoisotopic (exact) mass is 372 g/mol. The van der Waals surface area contributed by atoms with Crippen molar-refractivity contribution in [2.75, 3.05) is 20.1 Å². The second-order valence-electron chi connectivity index (χ2n) is 9.57. The Balaban J connectivity index is 1.75. The van der Waals surface area contributed by atoms with Crippen molar-refractivity contribution < 1.29 is 9.28 Å². The number of carbonyl (C=O) groups excluding carboxylic acids is 1. The van der Waals surface area contributed by atoms with Crippen LogP contribution in [0, 0.1) is 11.8 Å². The number of hydrogen-bond acceptors (Lipinski definition) is 1. The van der Waals surface area contributed by atoms with Gasteiger partial charge in [-0.05, 0) is 70.8 Å². The molecule has 4 atom stereocenters. The fraction of sp³-hybridized carbons (Fsp3) is 0.720. The van der Waals surface area contributed by atoms with Crippen LogP contribution in [0.2, 0.25) is 0 Å². The van der Waals surface area contributed by atoms with Gasteiger partial charge in [-0.15, -0.1) is 0 Å². The third-order valence-corrected chi connectivity index (χ3v) is 6.92. The third kappa shape index (κ3) is 6.75. The van der Waals surface area contributed by atoms with Crippen molar-refractivity contribution in [3.8, 4) is 0 Å². The molecule has 2 nitrogen and oxygen atoms in total. The van der Waals surface area contributed by atoms with Gasteiger partial charge in [0.1, 0.15) is 0 Å². The quantitative estimate of drug-likeness (QED) is 0.203. The predicted molar refractivity (Wildman–Crippen MR) is 117 cm³/mol. The lowest BCUT2D eigenvalue weighted by Crippen LogP contribution is -2.52. The zero-order valence-corrected chi connectivity index (χ0v) is 18.5. The SMILES string of the molecule is CC(C)=CCCC(C)C=CC=C(C)C(=O)CCC1CC[N+]2(C)CCCCC12. The summed E-state index contributed by atoms with van der Waals surface area (Å²) in [5.74, 6) is 1.66. The normalized spacial score (nSPS) is 29.6. The number of fused-ring (bicyclic) bond motifs is 1. The Kier molecular flexibility index (Phi) is 8.54. The highest BCUT2D eigenvalue weighted by Crippen LogP contribution is 2.39. The maximum atomic E-state index is 12.5. The number of piperidine rings is 1. The number of rotatable bonds is 9. The van der Waals surface area contributed by atoms with Crippen molar-refractivity contribution in [1.29, 1.82) is 0 Å². The van der Waals surface area contributed by atoms with Gasteiger partial charge in [0, 0.05) is 18.8 Å². The summed E-state index contributed by atoms with van der Waals surface area (Å²) in [5, 5.41) is 0. The van der Waals surface area contributed by atoms with Crippen molar-refractivity contribution in [2.45, 2.75) is 85.1 Å². The highest BCUT2D eigenvalue weighted by atomic mass is 16.1. The topological polar surface area (TPSA) is 17.1 Å². The van der Waals surface area contributed by atoms with Gasteiger partial charge in [0.25, 0.3) is 0 Å². The molecule has 2 fully saturated rings. The Bertz CT molecular complexity index is 581. The average Bonchev–Trinajstić information content (AvgIpc) is 2.95. The second-order valence-corrected chi connectivity index (χ2v) is 9.57. The molecular weight excluding hydrogens is 330 g/mol. The number of nitrogens with zero attached hydrogens (tertiary/aromatic N) is 1. The van der Waals surface area contributed by atoms with Crippen LogP contribution < -0.4 is 0 Å². The molecule has 0 spiro atoms. The van der Waals surface area contributed by atoms with E-state index in [0.717, 1.165) is 36.8 Å². The summed E-state index contributed by atoms with van der Waals surface area (Å²) in [6, 6.07) is 0.817. The molecule has 2 saturated heterocycles. The number of hydrogen-bond donors (Lipinski definition) is 0. The first kappa shape index (κ1) is 22.1. The van der Waals surface area contributed by atoms with E-state index in [1.807, 2.05) is 13.0 Å². The molecule has 27 heavy (non-hydrogen) atoms. The van der Waals surface area contributed by atoms with Crippen molar-refractivity contribution >= 4 is 5.78 Å². The summed E-state index contributed by atoms with van der Waals surface area (Å²) in [6.07, 6.45) is 18.2. The molecule has 0 aliphatic carbocycles. The van der Waals surface area contributed by atoms with Crippen LogP contribution in [0.1, 0.15) is 79.1 Å². The molecule has 2 rings (SSSR count). The highest BCUT2D eigenvalue weighted by Gasteiger charge is 2.46. The van der Waals surface area contributed by atoms with Gasteiger partial charge in [-0.25, -0.2) is 0 Å². The summed E-state index contributed by atoms with van der Waals surface area (Å²) < 4.78 is 1.28. The first-order chi connectivity index (χ1) is 12.8. The van der Waals surface area contributed by atoms with E-state index in [1.165, 1.54) is 55.2 Å². The second kappa shape index (κ2) is 10.4. The van der Waals surface area contributed by atoms with Crippen LogP contribution in [0.4, 0.5) is 0 Å². The molecular formula is C25H42NO+. The molecule has 0 amide bonds. The summed E-state index contributed by atoms with van der Waals surface area (Å²) >= 11 is 0. The van der Waals surface area contributed by atoms with Gasteiger partial charge < -0.3 is 4.48 Å². The average molecular weight is 373 g/mol. The molecule has 2 heterocycles. The fourth-order valence-electron chi connectivity index (χ4n) is 5.04. The Labute approximate surface area is 168 Å².